The molecule has 2 heterocycles. The monoisotopic (exact) mass is 288 g/mol. The zero-order valence-corrected chi connectivity index (χ0v) is 13.2. The zero-order chi connectivity index (χ0) is 14.5. The van der Waals surface area contributed by atoms with E-state index in [2.05, 4.69) is 27.1 Å². The average Bonchev–Trinajstić information content (AvgIpc) is 2.55. The number of fused-ring (bicyclic) bond motifs is 1. The van der Waals surface area contributed by atoms with Gasteiger partial charge in [-0.15, -0.1) is 0 Å². The molecule has 21 heavy (non-hydrogen) atoms. The maximum absolute atomic E-state index is 4.65. The molecule has 2 fully saturated rings. The third-order valence-electron chi connectivity index (χ3n) is 4.95. The summed E-state index contributed by atoms with van der Waals surface area (Å²) in [6.07, 6.45) is 13.4. The smallest absolute Gasteiger partial charge is 0.225 e. The van der Waals surface area contributed by atoms with Crippen molar-refractivity contribution in [3.63, 3.8) is 0 Å². The summed E-state index contributed by atoms with van der Waals surface area (Å²) < 4.78 is 0. The first-order valence-corrected chi connectivity index (χ1v) is 8.66. The van der Waals surface area contributed by atoms with Gasteiger partial charge in [0.05, 0.1) is 0 Å². The van der Waals surface area contributed by atoms with E-state index in [1.165, 1.54) is 44.1 Å². The van der Waals surface area contributed by atoms with E-state index in [0.29, 0.717) is 6.04 Å². The Kier molecular flexibility index (Phi) is 5.07. The molecule has 4 heteroatoms. The Morgan fingerprint density at radius 3 is 2.71 bits per heavy atom. The average molecular weight is 288 g/mol. The highest BCUT2D eigenvalue weighted by Crippen LogP contribution is 2.36. The summed E-state index contributed by atoms with van der Waals surface area (Å²) in [6.45, 7) is 5.25. The van der Waals surface area contributed by atoms with Crippen LogP contribution in [-0.4, -0.2) is 29.1 Å². The van der Waals surface area contributed by atoms with Gasteiger partial charge in [-0.25, -0.2) is 9.97 Å². The molecule has 2 aliphatic rings. The molecule has 0 bridgehead atoms. The molecular weight excluding hydrogens is 260 g/mol. The highest BCUT2D eigenvalue weighted by molar-refractivity contribution is 5.33. The number of piperidine rings is 1. The Hall–Kier alpha value is -1.16. The van der Waals surface area contributed by atoms with Gasteiger partial charge >= 0.3 is 0 Å². The Bertz CT molecular complexity index is 429. The van der Waals surface area contributed by atoms with Gasteiger partial charge < -0.3 is 10.2 Å². The summed E-state index contributed by atoms with van der Waals surface area (Å²) in [5, 5.41) is 3.40. The summed E-state index contributed by atoms with van der Waals surface area (Å²) in [5.41, 5.74) is 1.18. The van der Waals surface area contributed by atoms with Crippen molar-refractivity contribution in [3.05, 3.63) is 18.0 Å². The van der Waals surface area contributed by atoms with Crippen molar-refractivity contribution < 1.29 is 0 Å². The van der Waals surface area contributed by atoms with Crippen LogP contribution in [0.4, 0.5) is 5.95 Å². The van der Waals surface area contributed by atoms with E-state index < -0.39 is 0 Å². The molecule has 1 aromatic rings. The van der Waals surface area contributed by atoms with Crippen LogP contribution in [0.25, 0.3) is 0 Å². The maximum Gasteiger partial charge on any atom is 0.225 e. The molecule has 1 aliphatic heterocycles. The molecule has 2 atom stereocenters. The number of rotatable bonds is 5. The van der Waals surface area contributed by atoms with E-state index in [0.717, 1.165) is 37.9 Å². The SMILES string of the molecule is CCCNCc1cnc(N2CCC[C@H]3CCCC[C@H]32)nc1. The van der Waals surface area contributed by atoms with Crippen molar-refractivity contribution in [2.24, 2.45) is 5.92 Å². The van der Waals surface area contributed by atoms with Gasteiger partial charge in [-0.05, 0) is 44.6 Å². The molecule has 4 nitrogen and oxygen atoms in total. The normalized spacial score (nSPS) is 25.7. The van der Waals surface area contributed by atoms with Crippen molar-refractivity contribution in [3.8, 4) is 0 Å². The van der Waals surface area contributed by atoms with E-state index in [9.17, 15) is 0 Å². The first-order chi connectivity index (χ1) is 10.4. The van der Waals surface area contributed by atoms with E-state index in [1.54, 1.807) is 0 Å². The summed E-state index contributed by atoms with van der Waals surface area (Å²) in [4.78, 5) is 11.8. The molecule has 1 aromatic heterocycles. The van der Waals surface area contributed by atoms with Gasteiger partial charge in [-0.2, -0.15) is 0 Å². The Balaban J connectivity index is 1.65. The number of nitrogens with one attached hydrogen (secondary N) is 1. The molecule has 116 valence electrons. The summed E-state index contributed by atoms with van der Waals surface area (Å²) in [5.74, 6) is 1.83. The molecule has 0 radical (unpaired) electrons. The van der Waals surface area contributed by atoms with Gasteiger partial charge in [0, 0.05) is 37.1 Å². The van der Waals surface area contributed by atoms with E-state index >= 15 is 0 Å². The van der Waals surface area contributed by atoms with Crippen LogP contribution >= 0.6 is 0 Å². The fraction of sp³-hybridized carbons (Fsp3) is 0.765. The predicted octanol–water partition coefficient (Wildman–Crippen LogP) is 3.14. The number of hydrogen-bond donors (Lipinski definition) is 1. The molecular formula is C17H28N4. The van der Waals surface area contributed by atoms with Gasteiger partial charge in [0.2, 0.25) is 5.95 Å². The topological polar surface area (TPSA) is 41.1 Å². The largest absolute Gasteiger partial charge is 0.338 e. The van der Waals surface area contributed by atoms with Crippen LogP contribution in [-0.2, 0) is 6.54 Å². The molecule has 0 unspecified atom stereocenters. The standard InChI is InChI=1S/C17H28N4/c1-2-9-18-11-14-12-19-17(20-13-14)21-10-5-7-15-6-3-4-8-16(15)21/h12-13,15-16,18H,2-11H2,1H3/t15-,16-/m1/s1. The molecule has 3 rings (SSSR count). The fourth-order valence-electron chi connectivity index (χ4n) is 3.87. The quantitative estimate of drug-likeness (QED) is 0.845. The summed E-state index contributed by atoms with van der Waals surface area (Å²) in [6, 6.07) is 0.691. The molecule has 1 aliphatic carbocycles. The van der Waals surface area contributed by atoms with Gasteiger partial charge in [0.15, 0.2) is 0 Å². The van der Waals surface area contributed by atoms with Crippen LogP contribution < -0.4 is 10.2 Å². The van der Waals surface area contributed by atoms with Crippen LogP contribution in [0.1, 0.15) is 57.4 Å². The van der Waals surface area contributed by atoms with Crippen LogP contribution in [0.3, 0.4) is 0 Å². The van der Waals surface area contributed by atoms with Crippen LogP contribution in [0.2, 0.25) is 0 Å². The lowest BCUT2D eigenvalue weighted by Crippen LogP contribution is -2.47. The van der Waals surface area contributed by atoms with E-state index in [4.69, 9.17) is 0 Å². The molecule has 1 saturated heterocycles. The lowest BCUT2D eigenvalue weighted by Gasteiger charge is -2.44. The number of aromatic nitrogens is 2. The zero-order valence-electron chi connectivity index (χ0n) is 13.2. The Labute approximate surface area is 128 Å². The Morgan fingerprint density at radius 1 is 1.14 bits per heavy atom. The van der Waals surface area contributed by atoms with Gasteiger partial charge in [0.25, 0.3) is 0 Å². The fourth-order valence-corrected chi connectivity index (χ4v) is 3.87. The Morgan fingerprint density at radius 2 is 1.90 bits per heavy atom. The van der Waals surface area contributed by atoms with Crippen LogP contribution in [0, 0.1) is 5.92 Å². The summed E-state index contributed by atoms with van der Waals surface area (Å²) >= 11 is 0. The predicted molar refractivity (Wildman–Crippen MR) is 86.4 cm³/mol. The second kappa shape index (κ2) is 7.21. The van der Waals surface area contributed by atoms with Gasteiger partial charge in [-0.3, -0.25) is 0 Å². The van der Waals surface area contributed by atoms with Crippen molar-refractivity contribution in [2.45, 2.75) is 64.5 Å². The highest BCUT2D eigenvalue weighted by atomic mass is 15.3. The molecule has 0 aromatic carbocycles. The molecule has 1 N–H and O–H groups in total. The lowest BCUT2D eigenvalue weighted by atomic mass is 9.78. The number of anilines is 1. The lowest BCUT2D eigenvalue weighted by molar-refractivity contribution is 0.241. The number of nitrogens with zero attached hydrogens (tertiary/aromatic N) is 3. The first kappa shape index (κ1) is 14.8. The van der Waals surface area contributed by atoms with Crippen LogP contribution in [0.15, 0.2) is 12.4 Å². The minimum Gasteiger partial charge on any atom is -0.338 e. The van der Waals surface area contributed by atoms with Crippen LogP contribution in [0.5, 0.6) is 0 Å². The van der Waals surface area contributed by atoms with Crippen molar-refractivity contribution in [1.82, 2.24) is 15.3 Å². The molecule has 0 amide bonds. The van der Waals surface area contributed by atoms with Crippen molar-refractivity contribution in [2.75, 3.05) is 18.0 Å². The second-order valence-electron chi connectivity index (χ2n) is 6.52. The minimum atomic E-state index is 0.691. The van der Waals surface area contributed by atoms with Crippen molar-refractivity contribution >= 4 is 5.95 Å². The first-order valence-electron chi connectivity index (χ1n) is 8.66. The summed E-state index contributed by atoms with van der Waals surface area (Å²) in [7, 11) is 0. The number of hydrogen-bond acceptors (Lipinski definition) is 4. The third kappa shape index (κ3) is 3.54. The third-order valence-corrected chi connectivity index (χ3v) is 4.95. The van der Waals surface area contributed by atoms with E-state index in [1.807, 2.05) is 12.4 Å². The second-order valence-corrected chi connectivity index (χ2v) is 6.52. The van der Waals surface area contributed by atoms with Gasteiger partial charge in [0.1, 0.15) is 0 Å². The van der Waals surface area contributed by atoms with E-state index in [-0.39, 0.29) is 0 Å². The molecule has 1 saturated carbocycles. The van der Waals surface area contributed by atoms with Gasteiger partial charge in [-0.1, -0.05) is 19.8 Å². The minimum absolute atomic E-state index is 0.691. The molecule has 0 spiro atoms. The highest BCUT2D eigenvalue weighted by Gasteiger charge is 2.34. The van der Waals surface area contributed by atoms with Crippen molar-refractivity contribution in [1.29, 1.82) is 0 Å². The maximum atomic E-state index is 4.65.